The van der Waals surface area contributed by atoms with Gasteiger partial charge in [-0.15, -0.1) is 11.3 Å². The molecule has 0 unspecified atom stereocenters. The zero-order chi connectivity index (χ0) is 14.1. The van der Waals surface area contributed by atoms with E-state index in [9.17, 15) is 9.90 Å². The summed E-state index contributed by atoms with van der Waals surface area (Å²) in [5.41, 5.74) is 1.90. The molecule has 0 spiro atoms. The first-order chi connectivity index (χ1) is 9.63. The van der Waals surface area contributed by atoms with Gasteiger partial charge in [-0.05, 0) is 29.8 Å². The van der Waals surface area contributed by atoms with Gasteiger partial charge in [-0.2, -0.15) is 0 Å². The quantitative estimate of drug-likeness (QED) is 0.787. The molecule has 0 atom stereocenters. The number of fused-ring (bicyclic) bond motifs is 1. The zero-order valence-electron chi connectivity index (χ0n) is 10.3. The molecule has 2 aromatic carbocycles. The van der Waals surface area contributed by atoms with Crippen LogP contribution in [0.15, 0.2) is 42.5 Å². The minimum Gasteiger partial charge on any atom is -0.478 e. The summed E-state index contributed by atoms with van der Waals surface area (Å²) in [4.78, 5) is 15.8. The Hall–Kier alpha value is -1.91. The van der Waals surface area contributed by atoms with Crippen LogP contribution in [0.3, 0.4) is 0 Å². The number of benzene rings is 2. The molecule has 0 saturated carbocycles. The van der Waals surface area contributed by atoms with Crippen LogP contribution in [0.4, 0.5) is 0 Å². The Morgan fingerprint density at radius 2 is 2.05 bits per heavy atom. The molecule has 1 N–H and O–H groups in total. The van der Waals surface area contributed by atoms with Gasteiger partial charge in [-0.1, -0.05) is 29.8 Å². The predicted octanol–water partition coefficient (Wildman–Crippen LogP) is 4.24. The second-order valence-corrected chi connectivity index (χ2v) is 5.91. The minimum atomic E-state index is -0.969. The van der Waals surface area contributed by atoms with Crippen molar-refractivity contribution in [3.8, 4) is 0 Å². The van der Waals surface area contributed by atoms with Crippen molar-refractivity contribution in [3.63, 3.8) is 0 Å². The summed E-state index contributed by atoms with van der Waals surface area (Å²) >= 11 is 7.43. The maximum Gasteiger partial charge on any atom is 0.336 e. The van der Waals surface area contributed by atoms with E-state index in [1.54, 1.807) is 23.5 Å². The van der Waals surface area contributed by atoms with Gasteiger partial charge in [-0.3, -0.25) is 0 Å². The Labute approximate surface area is 124 Å². The van der Waals surface area contributed by atoms with Gasteiger partial charge in [0, 0.05) is 11.4 Å². The number of rotatable bonds is 3. The van der Waals surface area contributed by atoms with E-state index in [0.29, 0.717) is 11.4 Å². The van der Waals surface area contributed by atoms with Crippen molar-refractivity contribution >= 4 is 39.1 Å². The van der Waals surface area contributed by atoms with Crippen LogP contribution >= 0.6 is 22.9 Å². The van der Waals surface area contributed by atoms with Crippen molar-refractivity contribution in [3.05, 3.63) is 63.6 Å². The van der Waals surface area contributed by atoms with E-state index in [2.05, 4.69) is 4.98 Å². The van der Waals surface area contributed by atoms with E-state index in [4.69, 9.17) is 11.6 Å². The number of hydrogen-bond acceptors (Lipinski definition) is 3. The van der Waals surface area contributed by atoms with E-state index in [1.165, 1.54) is 6.07 Å². The average Bonchev–Trinajstić information content (AvgIpc) is 2.82. The molecule has 3 rings (SSSR count). The van der Waals surface area contributed by atoms with Crippen LogP contribution in [0.1, 0.15) is 20.9 Å². The summed E-state index contributed by atoms with van der Waals surface area (Å²) in [5.74, 6) is -0.969. The van der Waals surface area contributed by atoms with Crippen LogP contribution in [-0.4, -0.2) is 16.1 Å². The van der Waals surface area contributed by atoms with Gasteiger partial charge in [0.15, 0.2) is 0 Å². The standard InChI is InChI=1S/C15H10ClNO2S/c16-10-6-5-9(11(8-10)15(18)19)7-14-17-12-3-1-2-4-13(12)20-14/h1-6,8H,7H2,(H,18,19). The van der Waals surface area contributed by atoms with Gasteiger partial charge >= 0.3 is 5.97 Å². The fourth-order valence-electron chi connectivity index (χ4n) is 2.06. The minimum absolute atomic E-state index is 0.233. The topological polar surface area (TPSA) is 50.2 Å². The Morgan fingerprint density at radius 3 is 2.80 bits per heavy atom. The molecule has 0 saturated heterocycles. The molecular weight excluding hydrogens is 294 g/mol. The third-order valence-corrected chi connectivity index (χ3v) is 4.25. The number of carbonyl (C=O) groups is 1. The molecule has 1 aromatic heterocycles. The monoisotopic (exact) mass is 303 g/mol. The van der Waals surface area contributed by atoms with E-state index >= 15 is 0 Å². The van der Waals surface area contributed by atoms with Crippen molar-refractivity contribution in [1.82, 2.24) is 4.98 Å². The largest absolute Gasteiger partial charge is 0.478 e. The Bertz CT molecular complexity index is 764. The first-order valence-electron chi connectivity index (χ1n) is 5.99. The molecule has 0 fully saturated rings. The lowest BCUT2D eigenvalue weighted by Gasteiger charge is -2.04. The van der Waals surface area contributed by atoms with Gasteiger partial charge < -0.3 is 5.11 Å². The summed E-state index contributed by atoms with van der Waals surface area (Å²) in [5, 5.41) is 10.6. The first-order valence-corrected chi connectivity index (χ1v) is 7.19. The number of aromatic carboxylic acids is 1. The number of para-hydroxylation sites is 1. The van der Waals surface area contributed by atoms with Crippen molar-refractivity contribution in [2.24, 2.45) is 0 Å². The molecule has 0 amide bonds. The predicted molar refractivity (Wildman–Crippen MR) is 80.8 cm³/mol. The van der Waals surface area contributed by atoms with E-state index in [-0.39, 0.29) is 5.56 Å². The molecule has 1 heterocycles. The van der Waals surface area contributed by atoms with Crippen molar-refractivity contribution < 1.29 is 9.90 Å². The molecule has 5 heteroatoms. The Kier molecular flexibility index (Phi) is 3.42. The number of carboxylic acids is 1. The van der Waals surface area contributed by atoms with Crippen LogP contribution in [0.2, 0.25) is 5.02 Å². The van der Waals surface area contributed by atoms with Crippen molar-refractivity contribution in [2.75, 3.05) is 0 Å². The Morgan fingerprint density at radius 1 is 1.25 bits per heavy atom. The highest BCUT2D eigenvalue weighted by atomic mass is 35.5. The maximum atomic E-state index is 11.3. The number of aromatic nitrogens is 1. The second kappa shape index (κ2) is 5.23. The summed E-state index contributed by atoms with van der Waals surface area (Å²) in [7, 11) is 0. The summed E-state index contributed by atoms with van der Waals surface area (Å²) in [6.45, 7) is 0. The van der Waals surface area contributed by atoms with Gasteiger partial charge in [-0.25, -0.2) is 9.78 Å². The van der Waals surface area contributed by atoms with Crippen LogP contribution in [-0.2, 0) is 6.42 Å². The fraction of sp³-hybridized carbons (Fsp3) is 0.0667. The lowest BCUT2D eigenvalue weighted by atomic mass is 10.1. The lowest BCUT2D eigenvalue weighted by Crippen LogP contribution is -2.02. The number of halogens is 1. The Balaban J connectivity index is 2.00. The van der Waals surface area contributed by atoms with Gasteiger partial charge in [0.25, 0.3) is 0 Å². The molecule has 0 aliphatic heterocycles. The molecule has 0 bridgehead atoms. The van der Waals surface area contributed by atoms with Crippen molar-refractivity contribution in [1.29, 1.82) is 0 Å². The third kappa shape index (κ3) is 2.53. The maximum absolute atomic E-state index is 11.3. The van der Waals surface area contributed by atoms with E-state index in [0.717, 1.165) is 20.8 Å². The molecule has 0 aliphatic carbocycles. The SMILES string of the molecule is O=C(O)c1cc(Cl)ccc1Cc1nc2ccccc2s1. The fourth-order valence-corrected chi connectivity index (χ4v) is 3.22. The summed E-state index contributed by atoms with van der Waals surface area (Å²) in [6.07, 6.45) is 0.498. The van der Waals surface area contributed by atoms with E-state index < -0.39 is 5.97 Å². The van der Waals surface area contributed by atoms with Crippen LogP contribution in [0.5, 0.6) is 0 Å². The smallest absolute Gasteiger partial charge is 0.336 e. The molecule has 20 heavy (non-hydrogen) atoms. The van der Waals surface area contributed by atoms with Gasteiger partial charge in [0.2, 0.25) is 0 Å². The molecule has 0 radical (unpaired) electrons. The number of thiazole rings is 1. The van der Waals surface area contributed by atoms with Crippen LogP contribution in [0.25, 0.3) is 10.2 Å². The number of hydrogen-bond donors (Lipinski definition) is 1. The molecular formula is C15H10ClNO2S. The highest BCUT2D eigenvalue weighted by Gasteiger charge is 2.13. The highest BCUT2D eigenvalue weighted by molar-refractivity contribution is 7.18. The average molecular weight is 304 g/mol. The number of carboxylic acid groups (broad SMARTS) is 1. The number of nitrogens with zero attached hydrogens (tertiary/aromatic N) is 1. The second-order valence-electron chi connectivity index (χ2n) is 4.36. The summed E-state index contributed by atoms with van der Waals surface area (Å²) in [6, 6.07) is 12.8. The molecule has 100 valence electrons. The summed E-state index contributed by atoms with van der Waals surface area (Å²) < 4.78 is 1.10. The molecule has 3 nitrogen and oxygen atoms in total. The lowest BCUT2D eigenvalue weighted by molar-refractivity contribution is 0.0696. The van der Waals surface area contributed by atoms with Crippen molar-refractivity contribution in [2.45, 2.75) is 6.42 Å². The van der Waals surface area contributed by atoms with Crippen LogP contribution in [0, 0.1) is 0 Å². The first kappa shape index (κ1) is 13.1. The molecule has 3 aromatic rings. The third-order valence-electron chi connectivity index (χ3n) is 2.98. The zero-order valence-corrected chi connectivity index (χ0v) is 11.9. The van der Waals surface area contributed by atoms with Crippen LogP contribution < -0.4 is 0 Å². The molecule has 0 aliphatic rings. The van der Waals surface area contributed by atoms with Gasteiger partial charge in [0.1, 0.15) is 0 Å². The highest BCUT2D eigenvalue weighted by Crippen LogP contribution is 2.25. The van der Waals surface area contributed by atoms with Gasteiger partial charge in [0.05, 0.1) is 20.8 Å². The normalized spacial score (nSPS) is 10.8. The van der Waals surface area contributed by atoms with E-state index in [1.807, 2.05) is 24.3 Å².